The molecule has 0 saturated carbocycles. The molecule has 10 heteroatoms. The number of amides is 2. The standard InChI is InChI=1S/C25H34N4O5S/c1-27(35(2,32)33)20-23(30)29(19-21-9-5-3-6-10-21)24(22-11-7-4-8-12-22)25(31)26-13-14-28-15-17-34-18-16-28/h3-12,24H,13-20H2,1-2H3,(H,26,31)/t24-/m1/s1. The van der Waals surface area contributed by atoms with Gasteiger partial charge in [-0.3, -0.25) is 14.5 Å². The van der Waals surface area contributed by atoms with Gasteiger partial charge >= 0.3 is 0 Å². The number of nitrogens with zero attached hydrogens (tertiary/aromatic N) is 3. The molecule has 1 atom stereocenters. The predicted octanol–water partition coefficient (Wildman–Crippen LogP) is 1.10. The molecule has 1 N–H and O–H groups in total. The first kappa shape index (κ1) is 26.8. The Morgan fingerprint density at radius 2 is 1.63 bits per heavy atom. The maximum absolute atomic E-state index is 13.5. The number of morpholine rings is 1. The Morgan fingerprint density at radius 3 is 2.23 bits per heavy atom. The van der Waals surface area contributed by atoms with Gasteiger partial charge in [-0.1, -0.05) is 60.7 Å². The van der Waals surface area contributed by atoms with Crippen LogP contribution in [0.3, 0.4) is 0 Å². The first-order valence-corrected chi connectivity index (χ1v) is 13.5. The third-order valence-electron chi connectivity index (χ3n) is 5.95. The lowest BCUT2D eigenvalue weighted by Crippen LogP contribution is -2.48. The van der Waals surface area contributed by atoms with Gasteiger partial charge in [0.2, 0.25) is 21.8 Å². The Bertz CT molecular complexity index is 1060. The van der Waals surface area contributed by atoms with E-state index in [1.54, 1.807) is 12.1 Å². The Labute approximate surface area is 207 Å². The van der Waals surface area contributed by atoms with Crippen LogP contribution in [0.25, 0.3) is 0 Å². The lowest BCUT2D eigenvalue weighted by Gasteiger charge is -2.33. The highest BCUT2D eigenvalue weighted by Gasteiger charge is 2.32. The molecular weight excluding hydrogens is 468 g/mol. The number of ether oxygens (including phenoxy) is 1. The van der Waals surface area contributed by atoms with Gasteiger partial charge in [-0.25, -0.2) is 8.42 Å². The first-order chi connectivity index (χ1) is 16.8. The number of hydrogen-bond acceptors (Lipinski definition) is 6. The normalized spacial score (nSPS) is 15.5. The van der Waals surface area contributed by atoms with Gasteiger partial charge < -0.3 is 15.0 Å². The Hall–Kier alpha value is -2.79. The van der Waals surface area contributed by atoms with Crippen molar-refractivity contribution in [3.63, 3.8) is 0 Å². The van der Waals surface area contributed by atoms with Crippen LogP contribution in [0.4, 0.5) is 0 Å². The molecule has 1 fully saturated rings. The van der Waals surface area contributed by atoms with Gasteiger partial charge in [0.1, 0.15) is 6.04 Å². The van der Waals surface area contributed by atoms with Crippen LogP contribution >= 0.6 is 0 Å². The molecule has 0 aromatic heterocycles. The minimum atomic E-state index is -3.57. The summed E-state index contributed by atoms with van der Waals surface area (Å²) in [7, 11) is -2.22. The Kier molecular flexibility index (Phi) is 9.79. The average Bonchev–Trinajstić information content (AvgIpc) is 2.85. The van der Waals surface area contributed by atoms with Gasteiger partial charge in [0.25, 0.3) is 0 Å². The summed E-state index contributed by atoms with van der Waals surface area (Å²) >= 11 is 0. The number of rotatable bonds is 11. The zero-order valence-electron chi connectivity index (χ0n) is 20.3. The molecule has 0 unspecified atom stereocenters. The lowest BCUT2D eigenvalue weighted by molar-refractivity contribution is -0.141. The van der Waals surface area contributed by atoms with Crippen molar-refractivity contribution in [1.82, 2.24) is 19.4 Å². The van der Waals surface area contributed by atoms with E-state index in [4.69, 9.17) is 4.74 Å². The van der Waals surface area contributed by atoms with Gasteiger partial charge in [0.15, 0.2) is 0 Å². The highest BCUT2D eigenvalue weighted by molar-refractivity contribution is 7.88. The fraction of sp³-hybridized carbons (Fsp3) is 0.440. The molecule has 0 radical (unpaired) electrons. The highest BCUT2D eigenvalue weighted by atomic mass is 32.2. The summed E-state index contributed by atoms with van der Waals surface area (Å²) in [6.45, 7) is 3.88. The molecule has 1 aliphatic heterocycles. The molecule has 1 saturated heterocycles. The van der Waals surface area contributed by atoms with Crippen molar-refractivity contribution in [3.05, 3.63) is 71.8 Å². The molecule has 1 heterocycles. The largest absolute Gasteiger partial charge is 0.379 e. The van der Waals surface area contributed by atoms with Crippen LogP contribution in [0.5, 0.6) is 0 Å². The second-order valence-corrected chi connectivity index (χ2v) is 10.7. The number of sulfonamides is 1. The third-order valence-corrected chi connectivity index (χ3v) is 7.21. The minimum absolute atomic E-state index is 0.160. The fourth-order valence-corrected chi connectivity index (χ4v) is 4.21. The quantitative estimate of drug-likeness (QED) is 0.494. The van der Waals surface area contributed by atoms with Crippen molar-refractivity contribution in [3.8, 4) is 0 Å². The van der Waals surface area contributed by atoms with Crippen LogP contribution in [0.15, 0.2) is 60.7 Å². The van der Waals surface area contributed by atoms with Crippen molar-refractivity contribution in [2.24, 2.45) is 0 Å². The molecule has 2 amide bonds. The number of hydrogen-bond donors (Lipinski definition) is 1. The molecule has 2 aromatic rings. The number of likely N-dealkylation sites (N-methyl/N-ethyl adjacent to an activating group) is 1. The summed E-state index contributed by atoms with van der Waals surface area (Å²) in [5.74, 6) is -0.769. The summed E-state index contributed by atoms with van der Waals surface area (Å²) in [5.41, 5.74) is 1.49. The van der Waals surface area contributed by atoms with Gasteiger partial charge in [-0.05, 0) is 11.1 Å². The number of carbonyl (C=O) groups is 2. The molecule has 9 nitrogen and oxygen atoms in total. The van der Waals surface area contributed by atoms with Crippen molar-refractivity contribution in [1.29, 1.82) is 0 Å². The van der Waals surface area contributed by atoms with E-state index in [0.717, 1.165) is 29.2 Å². The SMILES string of the molecule is CN(CC(=O)N(Cc1ccccc1)[C@@H](C(=O)NCCN1CCOCC1)c1ccccc1)S(C)(=O)=O. The number of carbonyl (C=O) groups excluding carboxylic acids is 2. The molecule has 0 spiro atoms. The monoisotopic (exact) mass is 502 g/mol. The molecular formula is C25H34N4O5S. The van der Waals surface area contributed by atoms with E-state index < -0.39 is 22.0 Å². The summed E-state index contributed by atoms with van der Waals surface area (Å²) < 4.78 is 30.3. The maximum atomic E-state index is 13.5. The number of nitrogens with one attached hydrogen (secondary N) is 1. The Morgan fingerprint density at radius 1 is 1.03 bits per heavy atom. The maximum Gasteiger partial charge on any atom is 0.247 e. The smallest absolute Gasteiger partial charge is 0.247 e. The van der Waals surface area contributed by atoms with Crippen LogP contribution in [0.1, 0.15) is 17.2 Å². The molecule has 0 bridgehead atoms. The molecule has 2 aromatic carbocycles. The van der Waals surface area contributed by atoms with E-state index in [1.807, 2.05) is 48.5 Å². The van der Waals surface area contributed by atoms with Crippen molar-refractivity contribution < 1.29 is 22.7 Å². The van der Waals surface area contributed by atoms with Gasteiger partial charge in [0, 0.05) is 39.8 Å². The van der Waals surface area contributed by atoms with E-state index in [2.05, 4.69) is 10.2 Å². The summed E-state index contributed by atoms with van der Waals surface area (Å²) in [5, 5.41) is 2.99. The topological polar surface area (TPSA) is 99.3 Å². The lowest BCUT2D eigenvalue weighted by atomic mass is 10.0. The van der Waals surface area contributed by atoms with E-state index >= 15 is 0 Å². The first-order valence-electron chi connectivity index (χ1n) is 11.6. The van der Waals surface area contributed by atoms with Crippen LogP contribution in [-0.4, -0.2) is 93.6 Å². The van der Waals surface area contributed by atoms with Gasteiger partial charge in [-0.2, -0.15) is 4.31 Å². The third kappa shape index (κ3) is 8.14. The van der Waals surface area contributed by atoms with Crippen molar-refractivity contribution in [2.45, 2.75) is 12.6 Å². The molecule has 35 heavy (non-hydrogen) atoms. The van der Waals surface area contributed by atoms with Crippen molar-refractivity contribution in [2.75, 3.05) is 59.2 Å². The van der Waals surface area contributed by atoms with Gasteiger partial charge in [0.05, 0.1) is 26.0 Å². The van der Waals surface area contributed by atoms with Crippen LogP contribution < -0.4 is 5.32 Å². The van der Waals surface area contributed by atoms with Gasteiger partial charge in [-0.15, -0.1) is 0 Å². The van der Waals surface area contributed by atoms with E-state index in [-0.39, 0.29) is 19.0 Å². The second-order valence-electron chi connectivity index (χ2n) is 8.58. The predicted molar refractivity (Wildman–Crippen MR) is 134 cm³/mol. The van der Waals surface area contributed by atoms with Crippen LogP contribution in [0, 0.1) is 0 Å². The van der Waals surface area contributed by atoms with E-state index in [0.29, 0.717) is 31.9 Å². The Balaban J connectivity index is 1.86. The van der Waals surface area contributed by atoms with Crippen molar-refractivity contribution >= 4 is 21.8 Å². The van der Waals surface area contributed by atoms with E-state index in [1.165, 1.54) is 11.9 Å². The summed E-state index contributed by atoms with van der Waals surface area (Å²) in [4.78, 5) is 30.7. The summed E-state index contributed by atoms with van der Waals surface area (Å²) in [6, 6.07) is 17.5. The molecule has 3 rings (SSSR count). The van der Waals surface area contributed by atoms with Crippen LogP contribution in [0.2, 0.25) is 0 Å². The second kappa shape index (κ2) is 12.8. The molecule has 1 aliphatic rings. The van der Waals surface area contributed by atoms with E-state index in [9.17, 15) is 18.0 Å². The number of benzene rings is 2. The fourth-order valence-electron chi connectivity index (χ4n) is 3.87. The molecule has 190 valence electrons. The zero-order valence-corrected chi connectivity index (χ0v) is 21.1. The average molecular weight is 503 g/mol. The highest BCUT2D eigenvalue weighted by Crippen LogP contribution is 2.24. The van der Waals surface area contributed by atoms with Crippen LogP contribution in [-0.2, 0) is 30.9 Å². The zero-order chi connectivity index (χ0) is 25.3. The molecule has 0 aliphatic carbocycles. The summed E-state index contributed by atoms with van der Waals surface area (Å²) in [6.07, 6.45) is 1.05. The minimum Gasteiger partial charge on any atom is -0.379 e.